The summed E-state index contributed by atoms with van der Waals surface area (Å²) in [6.07, 6.45) is 1.99. The van der Waals surface area contributed by atoms with E-state index in [0.29, 0.717) is 18.6 Å². The van der Waals surface area contributed by atoms with Gasteiger partial charge in [0.15, 0.2) is 0 Å². The summed E-state index contributed by atoms with van der Waals surface area (Å²) in [5.74, 6) is 0.178. The van der Waals surface area contributed by atoms with Crippen molar-refractivity contribution >= 4 is 5.78 Å². The Morgan fingerprint density at radius 1 is 0.933 bits per heavy atom. The van der Waals surface area contributed by atoms with Crippen molar-refractivity contribution in [2.24, 2.45) is 16.2 Å². The topological polar surface area (TPSA) is 44.4 Å². The Labute approximate surface area is 188 Å². The Balaban J connectivity index is 5.45. The summed E-state index contributed by atoms with van der Waals surface area (Å²) in [6.45, 7) is 31.3. The highest BCUT2D eigenvalue weighted by molar-refractivity contribution is 5.77. The third-order valence-corrected chi connectivity index (χ3v) is 5.49. The number of carbonyl (C=O) groups is 1. The molecule has 0 rings (SSSR count). The van der Waals surface area contributed by atoms with Crippen LogP contribution in [-0.2, 0) is 4.79 Å². The molecule has 0 aromatic heterocycles. The maximum absolute atomic E-state index is 12.1. The first-order chi connectivity index (χ1) is 13.5. The minimum atomic E-state index is -0.125. The van der Waals surface area contributed by atoms with Crippen LogP contribution >= 0.6 is 0 Å². The summed E-state index contributed by atoms with van der Waals surface area (Å²) in [5.41, 5.74) is 4.43. The van der Waals surface area contributed by atoms with Gasteiger partial charge in [0, 0.05) is 37.1 Å². The van der Waals surface area contributed by atoms with Crippen LogP contribution in [0.4, 0.5) is 0 Å². The van der Waals surface area contributed by atoms with Crippen molar-refractivity contribution in [2.75, 3.05) is 26.2 Å². The fourth-order valence-corrected chi connectivity index (χ4v) is 4.15. The second-order valence-corrected chi connectivity index (χ2v) is 11.9. The lowest BCUT2D eigenvalue weighted by atomic mass is 9.72. The van der Waals surface area contributed by atoms with E-state index in [1.807, 2.05) is 0 Å². The van der Waals surface area contributed by atoms with Gasteiger partial charge in [-0.25, -0.2) is 0 Å². The van der Waals surface area contributed by atoms with E-state index in [1.54, 1.807) is 6.92 Å². The van der Waals surface area contributed by atoms with Gasteiger partial charge in [-0.1, -0.05) is 75.8 Å². The van der Waals surface area contributed by atoms with Gasteiger partial charge in [-0.2, -0.15) is 0 Å². The predicted molar refractivity (Wildman–Crippen MR) is 132 cm³/mol. The molecule has 0 unspecified atom stereocenters. The fraction of sp³-hybridized carbons (Fsp3) is 0.846. The largest absolute Gasteiger partial charge is 0.361 e. The molecule has 0 spiro atoms. The zero-order valence-electron chi connectivity index (χ0n) is 22.0. The summed E-state index contributed by atoms with van der Waals surface area (Å²) in [4.78, 5) is 14.3. The van der Waals surface area contributed by atoms with Crippen LogP contribution in [0, 0.1) is 16.2 Å². The average molecular weight is 422 g/mol. The van der Waals surface area contributed by atoms with E-state index in [2.05, 4.69) is 97.1 Å². The lowest BCUT2D eigenvalue weighted by molar-refractivity contribution is -0.118. The zero-order chi connectivity index (χ0) is 23.8. The molecule has 0 amide bonds. The zero-order valence-corrected chi connectivity index (χ0v) is 22.0. The Hall–Kier alpha value is -1.09. The Bertz CT molecular complexity index is 581. The van der Waals surface area contributed by atoms with Crippen molar-refractivity contribution in [1.82, 2.24) is 15.5 Å². The van der Waals surface area contributed by atoms with E-state index >= 15 is 0 Å². The molecule has 0 saturated heterocycles. The number of nitrogens with zero attached hydrogens (tertiary/aromatic N) is 1. The first-order valence-electron chi connectivity index (χ1n) is 11.6. The number of hydrogen-bond donors (Lipinski definition) is 2. The van der Waals surface area contributed by atoms with Gasteiger partial charge in [0.1, 0.15) is 5.78 Å². The summed E-state index contributed by atoms with van der Waals surface area (Å²) in [7, 11) is 0. The Morgan fingerprint density at radius 2 is 1.40 bits per heavy atom. The number of ketones is 1. The molecular weight excluding hydrogens is 370 g/mol. The minimum absolute atomic E-state index is 0.123. The molecule has 4 heteroatoms. The number of hydrogen-bond acceptors (Lipinski definition) is 4. The van der Waals surface area contributed by atoms with Crippen molar-refractivity contribution in [3.05, 3.63) is 18.0 Å². The van der Waals surface area contributed by atoms with Gasteiger partial charge in [-0.05, 0) is 30.6 Å². The molecule has 0 saturated carbocycles. The molecule has 0 aliphatic rings. The molecule has 30 heavy (non-hydrogen) atoms. The van der Waals surface area contributed by atoms with Gasteiger partial charge in [-0.3, -0.25) is 4.79 Å². The summed E-state index contributed by atoms with van der Waals surface area (Å²) < 4.78 is 0. The summed E-state index contributed by atoms with van der Waals surface area (Å²) in [5, 5.41) is 7.13. The number of nitrogens with one attached hydrogen (secondary N) is 2. The standard InChI is InChI=1S/C26H51N3O/c1-13-23(26(11,12)17-25(9,10)19-28-21(4)5)29(16-22(6)30)15-14-24(7,8)18-27-20(2)3/h20-21,27-28H,1,14-19H2,2-12H3. The normalized spacial score (nSPS) is 13.0. The molecule has 0 radical (unpaired) electrons. The van der Waals surface area contributed by atoms with Gasteiger partial charge in [-0.15, -0.1) is 5.73 Å². The second kappa shape index (κ2) is 12.1. The fourth-order valence-electron chi connectivity index (χ4n) is 4.15. The average Bonchev–Trinajstić information content (AvgIpc) is 2.55. The van der Waals surface area contributed by atoms with E-state index < -0.39 is 0 Å². The highest BCUT2D eigenvalue weighted by Gasteiger charge is 2.35. The Kier molecular flexibility index (Phi) is 11.6. The molecule has 0 aliphatic heterocycles. The van der Waals surface area contributed by atoms with Crippen LogP contribution in [0.1, 0.15) is 89.0 Å². The maximum Gasteiger partial charge on any atom is 0.149 e. The van der Waals surface area contributed by atoms with Crippen LogP contribution in [-0.4, -0.2) is 48.9 Å². The first kappa shape index (κ1) is 28.9. The number of allylic oxidation sites excluding steroid dienone is 1. The molecule has 0 bridgehead atoms. The van der Waals surface area contributed by atoms with Gasteiger partial charge in [0.05, 0.1) is 12.2 Å². The maximum atomic E-state index is 12.1. The molecule has 0 atom stereocenters. The highest BCUT2D eigenvalue weighted by Crippen LogP contribution is 2.40. The molecule has 2 N–H and O–H groups in total. The number of rotatable bonds is 15. The molecular formula is C26H51N3O. The molecule has 0 fully saturated rings. The molecule has 0 aromatic carbocycles. The predicted octanol–water partition coefficient (Wildman–Crippen LogP) is 5.40. The molecule has 0 aliphatic carbocycles. The van der Waals surface area contributed by atoms with Crippen LogP contribution in [0.25, 0.3) is 0 Å². The summed E-state index contributed by atoms with van der Waals surface area (Å²) >= 11 is 0. The van der Waals surface area contributed by atoms with E-state index in [9.17, 15) is 4.79 Å². The SMILES string of the molecule is C=C=C(N(CCC(C)(C)CNC(C)C)CC(C)=O)C(C)(C)CC(C)(C)CNC(C)C. The lowest BCUT2D eigenvalue weighted by Gasteiger charge is -2.41. The van der Waals surface area contributed by atoms with Gasteiger partial charge >= 0.3 is 0 Å². The van der Waals surface area contributed by atoms with E-state index in [1.165, 1.54) is 0 Å². The van der Waals surface area contributed by atoms with Gasteiger partial charge in [0.25, 0.3) is 0 Å². The molecule has 0 aromatic rings. The van der Waals surface area contributed by atoms with Crippen molar-refractivity contribution < 1.29 is 4.79 Å². The number of Topliss-reactive ketones (excluding diaryl/α,β-unsaturated/α-hetero) is 1. The van der Waals surface area contributed by atoms with Crippen LogP contribution < -0.4 is 10.6 Å². The third-order valence-electron chi connectivity index (χ3n) is 5.49. The Morgan fingerprint density at radius 3 is 1.80 bits per heavy atom. The number of carbonyl (C=O) groups excluding carboxylic acids is 1. The van der Waals surface area contributed by atoms with Crippen LogP contribution in [0.5, 0.6) is 0 Å². The lowest BCUT2D eigenvalue weighted by Crippen LogP contribution is -2.42. The van der Waals surface area contributed by atoms with Crippen LogP contribution in [0.3, 0.4) is 0 Å². The van der Waals surface area contributed by atoms with Crippen molar-refractivity contribution in [3.8, 4) is 0 Å². The van der Waals surface area contributed by atoms with E-state index in [-0.39, 0.29) is 22.0 Å². The van der Waals surface area contributed by atoms with Crippen LogP contribution in [0.2, 0.25) is 0 Å². The highest BCUT2D eigenvalue weighted by atomic mass is 16.1. The summed E-state index contributed by atoms with van der Waals surface area (Å²) in [6, 6.07) is 0.944. The van der Waals surface area contributed by atoms with Gasteiger partial charge < -0.3 is 15.5 Å². The molecule has 176 valence electrons. The van der Waals surface area contributed by atoms with E-state index in [4.69, 9.17) is 0 Å². The van der Waals surface area contributed by atoms with Crippen LogP contribution in [0.15, 0.2) is 18.0 Å². The smallest absolute Gasteiger partial charge is 0.149 e. The molecule has 4 nitrogen and oxygen atoms in total. The van der Waals surface area contributed by atoms with Gasteiger partial charge in [0.2, 0.25) is 0 Å². The van der Waals surface area contributed by atoms with Crippen molar-refractivity contribution in [2.45, 2.75) is 101 Å². The quantitative estimate of drug-likeness (QED) is 0.347. The van der Waals surface area contributed by atoms with Crippen molar-refractivity contribution in [3.63, 3.8) is 0 Å². The molecule has 0 heterocycles. The van der Waals surface area contributed by atoms with E-state index in [0.717, 1.165) is 38.2 Å². The second-order valence-electron chi connectivity index (χ2n) is 11.9. The third kappa shape index (κ3) is 11.9. The monoisotopic (exact) mass is 421 g/mol. The first-order valence-corrected chi connectivity index (χ1v) is 11.6. The minimum Gasteiger partial charge on any atom is -0.361 e. The van der Waals surface area contributed by atoms with Crippen molar-refractivity contribution in [1.29, 1.82) is 0 Å².